The lowest BCUT2D eigenvalue weighted by atomic mass is 10.0. The molecule has 0 unspecified atom stereocenters. The second kappa shape index (κ2) is 6.69. The van der Waals surface area contributed by atoms with Gasteiger partial charge in [0.05, 0.1) is 16.6 Å². The number of aromatic nitrogens is 2. The minimum absolute atomic E-state index is 0.113. The molecule has 0 atom stereocenters. The van der Waals surface area contributed by atoms with E-state index in [4.69, 9.17) is 0 Å². The number of aromatic hydroxyl groups is 1. The summed E-state index contributed by atoms with van der Waals surface area (Å²) in [4.78, 5) is 20.9. The molecule has 0 radical (unpaired) electrons. The third kappa shape index (κ3) is 3.13. The van der Waals surface area contributed by atoms with E-state index in [1.165, 1.54) is 0 Å². The molecule has 0 bridgehead atoms. The van der Waals surface area contributed by atoms with E-state index >= 15 is 0 Å². The van der Waals surface area contributed by atoms with E-state index in [1.807, 2.05) is 42.5 Å². The third-order valence-corrected chi connectivity index (χ3v) is 4.13. The Morgan fingerprint density at radius 2 is 1.58 bits per heavy atom. The van der Waals surface area contributed by atoms with E-state index in [2.05, 4.69) is 9.97 Å². The van der Waals surface area contributed by atoms with Crippen molar-refractivity contribution in [1.29, 1.82) is 0 Å². The molecule has 0 aliphatic rings. The van der Waals surface area contributed by atoms with Crippen LogP contribution in [-0.4, -0.2) is 20.9 Å². The zero-order valence-corrected chi connectivity index (χ0v) is 13.9. The highest BCUT2D eigenvalue weighted by Crippen LogP contribution is 2.24. The molecule has 0 amide bonds. The molecule has 2 N–H and O–H groups in total. The van der Waals surface area contributed by atoms with Crippen molar-refractivity contribution >= 4 is 28.5 Å². The second-order valence-corrected chi connectivity index (χ2v) is 5.95. The number of carbonyl (C=O) groups is 1. The number of carbonyl (C=O) groups excluding carboxylic acids is 1. The number of phenolic OH excluding ortho intramolecular Hbond substituents is 1. The maximum atomic E-state index is 13.1. The number of Topliss-reactive ketones (excluding diaryl/α,β-unsaturated/α-hetero) is 1. The van der Waals surface area contributed by atoms with Gasteiger partial charge in [0.15, 0.2) is 5.78 Å². The lowest BCUT2D eigenvalue weighted by Crippen LogP contribution is -2.04. The summed E-state index contributed by atoms with van der Waals surface area (Å²) in [5.74, 6) is 0.590. The third-order valence-electron chi connectivity index (χ3n) is 4.13. The molecule has 0 aliphatic heterocycles. The van der Waals surface area contributed by atoms with E-state index in [-0.39, 0.29) is 11.5 Å². The van der Waals surface area contributed by atoms with E-state index < -0.39 is 0 Å². The maximum absolute atomic E-state index is 13.1. The SMILES string of the molecule is O=C(C(=Cc1ccc(O)cc1)c1nc2ccccc2[nH]1)c1ccccc1. The zero-order valence-electron chi connectivity index (χ0n) is 13.9. The van der Waals surface area contributed by atoms with E-state index in [1.54, 1.807) is 42.5 Å². The van der Waals surface area contributed by atoms with Crippen molar-refractivity contribution in [2.75, 3.05) is 0 Å². The van der Waals surface area contributed by atoms with Gasteiger partial charge >= 0.3 is 0 Å². The van der Waals surface area contributed by atoms with Crippen molar-refractivity contribution in [1.82, 2.24) is 9.97 Å². The summed E-state index contributed by atoms with van der Waals surface area (Å²) in [6.45, 7) is 0. The Labute approximate surface area is 150 Å². The largest absolute Gasteiger partial charge is 0.508 e. The number of imidazole rings is 1. The molecule has 0 spiro atoms. The topological polar surface area (TPSA) is 66.0 Å². The summed E-state index contributed by atoms with van der Waals surface area (Å²) < 4.78 is 0. The van der Waals surface area contributed by atoms with E-state index in [9.17, 15) is 9.90 Å². The van der Waals surface area contributed by atoms with Crippen molar-refractivity contribution in [3.63, 3.8) is 0 Å². The summed E-state index contributed by atoms with van der Waals surface area (Å²) in [6.07, 6.45) is 1.78. The standard InChI is InChI=1S/C22H16N2O2/c25-17-12-10-15(11-13-17)14-18(21(26)16-6-2-1-3-7-16)22-23-19-8-4-5-9-20(19)24-22/h1-14,25H,(H,23,24). The molecular weight excluding hydrogens is 324 g/mol. The molecule has 26 heavy (non-hydrogen) atoms. The van der Waals surface area contributed by atoms with Crippen LogP contribution in [0, 0.1) is 0 Å². The first-order chi connectivity index (χ1) is 12.7. The van der Waals surface area contributed by atoms with Crippen molar-refractivity contribution in [3.8, 4) is 5.75 Å². The smallest absolute Gasteiger partial charge is 0.196 e. The molecular formula is C22H16N2O2. The molecule has 1 aromatic heterocycles. The zero-order chi connectivity index (χ0) is 17.9. The number of nitrogens with one attached hydrogen (secondary N) is 1. The Morgan fingerprint density at radius 3 is 2.31 bits per heavy atom. The quantitative estimate of drug-likeness (QED) is 0.418. The van der Waals surface area contributed by atoms with E-state index in [0.717, 1.165) is 16.6 Å². The van der Waals surface area contributed by atoms with Gasteiger partial charge in [-0.2, -0.15) is 0 Å². The molecule has 0 aliphatic carbocycles. The van der Waals surface area contributed by atoms with Crippen molar-refractivity contribution in [3.05, 3.63) is 95.8 Å². The molecule has 4 heteroatoms. The first-order valence-corrected chi connectivity index (χ1v) is 8.26. The van der Waals surface area contributed by atoms with Gasteiger partial charge in [-0.25, -0.2) is 4.98 Å². The lowest BCUT2D eigenvalue weighted by Gasteiger charge is -2.05. The number of para-hydroxylation sites is 2. The average molecular weight is 340 g/mol. The van der Waals surface area contributed by atoms with Crippen LogP contribution in [0.2, 0.25) is 0 Å². The van der Waals surface area contributed by atoms with Gasteiger partial charge in [-0.05, 0) is 35.9 Å². The van der Waals surface area contributed by atoms with Gasteiger partial charge in [0, 0.05) is 5.56 Å². The molecule has 4 aromatic rings. The van der Waals surface area contributed by atoms with Crippen LogP contribution in [0.5, 0.6) is 5.75 Å². The first-order valence-electron chi connectivity index (χ1n) is 8.26. The van der Waals surface area contributed by atoms with Gasteiger partial charge in [0.25, 0.3) is 0 Å². The predicted molar refractivity (Wildman–Crippen MR) is 103 cm³/mol. The molecule has 4 nitrogen and oxygen atoms in total. The van der Waals surface area contributed by atoms with Gasteiger partial charge < -0.3 is 10.1 Å². The highest BCUT2D eigenvalue weighted by Gasteiger charge is 2.18. The second-order valence-electron chi connectivity index (χ2n) is 5.95. The van der Waals surface area contributed by atoms with Gasteiger partial charge in [0.2, 0.25) is 0 Å². The number of hydrogen-bond acceptors (Lipinski definition) is 3. The number of benzene rings is 3. The number of phenols is 1. The number of allylic oxidation sites excluding steroid dienone is 1. The Balaban J connectivity index is 1.85. The fourth-order valence-electron chi connectivity index (χ4n) is 2.80. The van der Waals surface area contributed by atoms with Crippen LogP contribution in [0.3, 0.4) is 0 Å². The molecule has 0 saturated carbocycles. The van der Waals surface area contributed by atoms with Gasteiger partial charge in [0.1, 0.15) is 11.6 Å². The Morgan fingerprint density at radius 1 is 0.885 bits per heavy atom. The van der Waals surface area contributed by atoms with Crippen LogP contribution in [0.1, 0.15) is 21.7 Å². The maximum Gasteiger partial charge on any atom is 0.196 e. The van der Waals surface area contributed by atoms with Crippen LogP contribution in [-0.2, 0) is 0 Å². The van der Waals surface area contributed by atoms with Crippen molar-refractivity contribution < 1.29 is 9.90 Å². The molecule has 126 valence electrons. The Hall–Kier alpha value is -3.66. The monoisotopic (exact) mass is 340 g/mol. The Kier molecular flexibility index (Phi) is 4.07. The molecule has 0 saturated heterocycles. The minimum Gasteiger partial charge on any atom is -0.508 e. The normalized spacial score (nSPS) is 11.6. The fourth-order valence-corrected chi connectivity index (χ4v) is 2.80. The van der Waals surface area contributed by atoms with Crippen LogP contribution in [0.15, 0.2) is 78.9 Å². The first kappa shape index (κ1) is 15.8. The van der Waals surface area contributed by atoms with Crippen molar-refractivity contribution in [2.45, 2.75) is 0 Å². The molecule has 4 rings (SSSR count). The number of aromatic amines is 1. The molecule has 1 heterocycles. The summed E-state index contributed by atoms with van der Waals surface area (Å²) in [6, 6.07) is 23.5. The number of rotatable bonds is 4. The highest BCUT2D eigenvalue weighted by molar-refractivity contribution is 6.31. The summed E-state index contributed by atoms with van der Waals surface area (Å²) in [7, 11) is 0. The van der Waals surface area contributed by atoms with Crippen LogP contribution in [0.4, 0.5) is 0 Å². The van der Waals surface area contributed by atoms with Crippen LogP contribution in [0.25, 0.3) is 22.7 Å². The molecule has 3 aromatic carbocycles. The average Bonchev–Trinajstić information content (AvgIpc) is 3.11. The highest BCUT2D eigenvalue weighted by atomic mass is 16.3. The van der Waals surface area contributed by atoms with Gasteiger partial charge in [-0.3, -0.25) is 4.79 Å². The van der Waals surface area contributed by atoms with Gasteiger partial charge in [-0.1, -0.05) is 54.6 Å². The van der Waals surface area contributed by atoms with E-state index in [0.29, 0.717) is 17.0 Å². The lowest BCUT2D eigenvalue weighted by molar-refractivity contribution is 0.105. The number of hydrogen-bond donors (Lipinski definition) is 2. The number of nitrogens with zero attached hydrogens (tertiary/aromatic N) is 1. The molecule has 0 fully saturated rings. The van der Waals surface area contributed by atoms with Crippen LogP contribution < -0.4 is 0 Å². The minimum atomic E-state index is -0.113. The van der Waals surface area contributed by atoms with Gasteiger partial charge in [-0.15, -0.1) is 0 Å². The van der Waals surface area contributed by atoms with Crippen molar-refractivity contribution in [2.24, 2.45) is 0 Å². The number of ketones is 1. The van der Waals surface area contributed by atoms with Crippen LogP contribution >= 0.6 is 0 Å². The summed E-state index contributed by atoms with van der Waals surface area (Å²) in [5.41, 5.74) is 3.55. The number of H-pyrrole nitrogens is 1. The number of fused-ring (bicyclic) bond motifs is 1. The summed E-state index contributed by atoms with van der Waals surface area (Å²) in [5, 5.41) is 9.48. The fraction of sp³-hybridized carbons (Fsp3) is 0. The Bertz CT molecular complexity index is 1060. The predicted octanol–water partition coefficient (Wildman–Crippen LogP) is 4.69. The summed E-state index contributed by atoms with van der Waals surface area (Å²) >= 11 is 0.